The number of nitrogens with one attached hydrogen (secondary N) is 2. The Morgan fingerprint density at radius 1 is 0.935 bits per heavy atom. The standard InChI is InChI=1S/C24H24N2O4S/c1-2-30-22-13-8-19(9-14-22)10-17-24(27)26-21-11-15-23(16-12-21)31(28,29)25-18-20-6-4-3-5-7-20/h3-17,25H,2,18H2,1H3,(H,26,27)/b17-10+. The summed E-state index contributed by atoms with van der Waals surface area (Å²) in [4.78, 5) is 12.3. The van der Waals surface area contributed by atoms with Crippen LogP contribution < -0.4 is 14.8 Å². The monoisotopic (exact) mass is 436 g/mol. The topological polar surface area (TPSA) is 84.5 Å². The summed E-state index contributed by atoms with van der Waals surface area (Å²) in [6.07, 6.45) is 3.11. The van der Waals surface area contributed by atoms with Crippen molar-refractivity contribution in [3.63, 3.8) is 0 Å². The second-order valence-corrected chi connectivity index (χ2v) is 8.43. The normalized spacial score (nSPS) is 11.4. The molecule has 0 radical (unpaired) electrons. The zero-order chi connectivity index (χ0) is 22.1. The zero-order valence-corrected chi connectivity index (χ0v) is 17.9. The first-order chi connectivity index (χ1) is 15.0. The number of carbonyl (C=O) groups is 1. The number of benzene rings is 3. The van der Waals surface area contributed by atoms with Crippen molar-refractivity contribution < 1.29 is 17.9 Å². The highest BCUT2D eigenvalue weighted by atomic mass is 32.2. The molecular weight excluding hydrogens is 412 g/mol. The Bertz CT molecular complexity index is 1120. The fourth-order valence-corrected chi connectivity index (χ4v) is 3.79. The van der Waals surface area contributed by atoms with Crippen molar-refractivity contribution in [3.8, 4) is 5.75 Å². The van der Waals surface area contributed by atoms with Gasteiger partial charge in [-0.05, 0) is 60.5 Å². The third-order valence-electron chi connectivity index (χ3n) is 4.36. The molecule has 3 aromatic carbocycles. The molecule has 0 aliphatic rings. The average Bonchev–Trinajstić information content (AvgIpc) is 2.79. The summed E-state index contributed by atoms with van der Waals surface area (Å²) >= 11 is 0. The van der Waals surface area contributed by atoms with E-state index in [4.69, 9.17) is 4.74 Å². The van der Waals surface area contributed by atoms with Gasteiger partial charge in [0.2, 0.25) is 15.9 Å². The maximum absolute atomic E-state index is 12.4. The smallest absolute Gasteiger partial charge is 0.248 e. The lowest BCUT2D eigenvalue weighted by Crippen LogP contribution is -2.23. The molecule has 3 aromatic rings. The fourth-order valence-electron chi connectivity index (χ4n) is 2.77. The van der Waals surface area contributed by atoms with Crippen LogP contribution in [0.3, 0.4) is 0 Å². The number of sulfonamides is 1. The zero-order valence-electron chi connectivity index (χ0n) is 17.1. The summed E-state index contributed by atoms with van der Waals surface area (Å²) in [6.45, 7) is 2.72. The number of hydrogen-bond acceptors (Lipinski definition) is 4. The van der Waals surface area contributed by atoms with E-state index in [1.54, 1.807) is 18.2 Å². The van der Waals surface area contributed by atoms with E-state index in [2.05, 4.69) is 10.0 Å². The lowest BCUT2D eigenvalue weighted by molar-refractivity contribution is -0.111. The number of carbonyl (C=O) groups excluding carboxylic acids is 1. The first-order valence-electron chi connectivity index (χ1n) is 9.82. The predicted octanol–water partition coefficient (Wildman–Crippen LogP) is 4.22. The van der Waals surface area contributed by atoms with Gasteiger partial charge in [0.05, 0.1) is 11.5 Å². The minimum atomic E-state index is -3.64. The third-order valence-corrected chi connectivity index (χ3v) is 5.78. The van der Waals surface area contributed by atoms with Crippen LogP contribution in [-0.2, 0) is 21.4 Å². The average molecular weight is 437 g/mol. The van der Waals surface area contributed by atoms with Gasteiger partial charge in [-0.3, -0.25) is 4.79 Å². The van der Waals surface area contributed by atoms with Crippen LogP contribution in [0.2, 0.25) is 0 Å². The van der Waals surface area contributed by atoms with Crippen molar-refractivity contribution in [2.75, 3.05) is 11.9 Å². The van der Waals surface area contributed by atoms with E-state index in [0.717, 1.165) is 16.9 Å². The number of rotatable bonds is 9. The molecule has 0 unspecified atom stereocenters. The Kier molecular flexibility index (Phi) is 7.59. The van der Waals surface area contributed by atoms with Gasteiger partial charge < -0.3 is 10.1 Å². The molecule has 6 nitrogen and oxygen atoms in total. The Morgan fingerprint density at radius 3 is 2.26 bits per heavy atom. The molecule has 0 aliphatic carbocycles. The third kappa shape index (κ3) is 6.80. The largest absolute Gasteiger partial charge is 0.494 e. The molecule has 0 bridgehead atoms. The van der Waals surface area contributed by atoms with Crippen molar-refractivity contribution in [1.82, 2.24) is 4.72 Å². The van der Waals surface area contributed by atoms with Gasteiger partial charge in [-0.15, -0.1) is 0 Å². The van der Waals surface area contributed by atoms with E-state index in [-0.39, 0.29) is 17.3 Å². The molecule has 0 fully saturated rings. The van der Waals surface area contributed by atoms with Crippen LogP contribution in [0.1, 0.15) is 18.1 Å². The maximum Gasteiger partial charge on any atom is 0.248 e. The maximum atomic E-state index is 12.4. The molecule has 0 saturated carbocycles. The molecule has 0 heterocycles. The minimum absolute atomic E-state index is 0.131. The molecule has 0 spiro atoms. The van der Waals surface area contributed by atoms with E-state index in [0.29, 0.717) is 12.3 Å². The fraction of sp³-hybridized carbons (Fsp3) is 0.125. The lowest BCUT2D eigenvalue weighted by atomic mass is 10.2. The SMILES string of the molecule is CCOc1ccc(/C=C/C(=O)Nc2ccc(S(=O)(=O)NCc3ccccc3)cc2)cc1. The van der Waals surface area contributed by atoms with Gasteiger partial charge in [-0.2, -0.15) is 0 Å². The molecular formula is C24H24N2O4S. The summed E-state index contributed by atoms with van der Waals surface area (Å²) < 4.78 is 32.8. The molecule has 3 rings (SSSR count). The van der Waals surface area contributed by atoms with Crippen molar-refractivity contribution in [2.45, 2.75) is 18.4 Å². The van der Waals surface area contributed by atoms with Gasteiger partial charge in [0.1, 0.15) is 5.75 Å². The van der Waals surface area contributed by atoms with Crippen molar-refractivity contribution >= 4 is 27.7 Å². The van der Waals surface area contributed by atoms with Gasteiger partial charge in [-0.1, -0.05) is 42.5 Å². The molecule has 0 saturated heterocycles. The van der Waals surface area contributed by atoms with Crippen LogP contribution in [0.25, 0.3) is 6.08 Å². The van der Waals surface area contributed by atoms with Crippen LogP contribution in [0.5, 0.6) is 5.75 Å². The highest BCUT2D eigenvalue weighted by molar-refractivity contribution is 7.89. The van der Waals surface area contributed by atoms with Crippen LogP contribution >= 0.6 is 0 Å². The van der Waals surface area contributed by atoms with Crippen molar-refractivity contribution in [2.24, 2.45) is 0 Å². The Hall–Kier alpha value is -3.42. The molecule has 2 N–H and O–H groups in total. The Balaban J connectivity index is 1.56. The minimum Gasteiger partial charge on any atom is -0.494 e. The summed E-state index contributed by atoms with van der Waals surface area (Å²) in [5.74, 6) is 0.462. The number of hydrogen-bond donors (Lipinski definition) is 2. The Labute approximate surface area is 182 Å². The van der Waals surface area contributed by atoms with Gasteiger partial charge >= 0.3 is 0 Å². The second kappa shape index (κ2) is 10.6. The first kappa shape index (κ1) is 22.3. The summed E-state index contributed by atoms with van der Waals surface area (Å²) in [5.41, 5.74) is 2.24. The van der Waals surface area contributed by atoms with Crippen LogP contribution in [0.4, 0.5) is 5.69 Å². The Morgan fingerprint density at radius 2 is 1.61 bits per heavy atom. The molecule has 7 heteroatoms. The highest BCUT2D eigenvalue weighted by Crippen LogP contribution is 2.16. The molecule has 1 amide bonds. The number of amides is 1. The summed E-state index contributed by atoms with van der Waals surface area (Å²) in [5, 5.41) is 2.71. The number of anilines is 1. The summed E-state index contributed by atoms with van der Waals surface area (Å²) in [6, 6.07) is 22.7. The van der Waals surface area contributed by atoms with E-state index in [9.17, 15) is 13.2 Å². The van der Waals surface area contributed by atoms with E-state index in [1.807, 2.05) is 61.5 Å². The molecule has 0 aromatic heterocycles. The van der Waals surface area contributed by atoms with Crippen LogP contribution in [-0.4, -0.2) is 20.9 Å². The molecule has 160 valence electrons. The summed E-state index contributed by atoms with van der Waals surface area (Å²) in [7, 11) is -3.64. The van der Waals surface area contributed by atoms with Crippen LogP contribution in [0, 0.1) is 0 Å². The quantitative estimate of drug-likeness (QED) is 0.492. The predicted molar refractivity (Wildman–Crippen MR) is 122 cm³/mol. The van der Waals surface area contributed by atoms with Crippen molar-refractivity contribution in [3.05, 3.63) is 96.1 Å². The molecule has 0 atom stereocenters. The highest BCUT2D eigenvalue weighted by Gasteiger charge is 2.13. The van der Waals surface area contributed by atoms with E-state index in [1.165, 1.54) is 18.2 Å². The van der Waals surface area contributed by atoms with E-state index >= 15 is 0 Å². The van der Waals surface area contributed by atoms with Gasteiger partial charge in [-0.25, -0.2) is 13.1 Å². The van der Waals surface area contributed by atoms with Gasteiger partial charge in [0.15, 0.2) is 0 Å². The molecule has 0 aliphatic heterocycles. The number of ether oxygens (including phenoxy) is 1. The first-order valence-corrected chi connectivity index (χ1v) is 11.3. The van der Waals surface area contributed by atoms with E-state index < -0.39 is 10.0 Å². The van der Waals surface area contributed by atoms with Gasteiger partial charge in [0, 0.05) is 18.3 Å². The van der Waals surface area contributed by atoms with Crippen molar-refractivity contribution in [1.29, 1.82) is 0 Å². The lowest BCUT2D eigenvalue weighted by Gasteiger charge is -2.08. The molecule has 31 heavy (non-hydrogen) atoms. The van der Waals surface area contributed by atoms with Gasteiger partial charge in [0.25, 0.3) is 0 Å². The van der Waals surface area contributed by atoms with Crippen LogP contribution in [0.15, 0.2) is 89.8 Å². The second-order valence-electron chi connectivity index (χ2n) is 6.66.